The second-order valence-corrected chi connectivity index (χ2v) is 6.26. The van der Waals surface area contributed by atoms with Crippen molar-refractivity contribution in [3.63, 3.8) is 0 Å². The molecule has 0 aliphatic heterocycles. The summed E-state index contributed by atoms with van der Waals surface area (Å²) in [6, 6.07) is 8.08. The van der Waals surface area contributed by atoms with Crippen molar-refractivity contribution in [3.8, 4) is 0 Å². The Morgan fingerprint density at radius 1 is 1.24 bits per heavy atom. The highest BCUT2D eigenvalue weighted by atomic mass is 32.2. The second-order valence-electron chi connectivity index (χ2n) is 4.49. The Balaban J connectivity index is 1.89. The van der Waals surface area contributed by atoms with Gasteiger partial charge in [-0.3, -0.25) is 0 Å². The molecule has 108 valence electrons. The van der Waals surface area contributed by atoms with Crippen LogP contribution in [0.2, 0.25) is 0 Å². The predicted octanol–water partition coefficient (Wildman–Crippen LogP) is 1.02. The smallest absolute Gasteiger partial charge is 0.240 e. The fourth-order valence-corrected chi connectivity index (χ4v) is 2.97. The van der Waals surface area contributed by atoms with Crippen molar-refractivity contribution in [3.05, 3.63) is 48.5 Å². The number of pyridine rings is 1. The monoisotopic (exact) mass is 303 g/mol. The van der Waals surface area contributed by atoms with Crippen LogP contribution in [0.15, 0.2) is 47.8 Å². The zero-order valence-corrected chi connectivity index (χ0v) is 11.8. The zero-order chi connectivity index (χ0) is 14.9. The van der Waals surface area contributed by atoms with Crippen LogP contribution < -0.4 is 10.5 Å². The van der Waals surface area contributed by atoms with E-state index in [1.807, 2.05) is 0 Å². The number of nitrogens with zero attached hydrogens (tertiary/aromatic N) is 2. The van der Waals surface area contributed by atoms with E-state index < -0.39 is 10.0 Å². The first kappa shape index (κ1) is 13.5. The summed E-state index contributed by atoms with van der Waals surface area (Å²) in [6.45, 7) is 0.153. The average molecular weight is 303 g/mol. The summed E-state index contributed by atoms with van der Waals surface area (Å²) in [7, 11) is -3.59. The number of rotatable bonds is 4. The number of nitrogens with one attached hydrogen (secondary N) is 2. The molecule has 3 aromatic rings. The van der Waals surface area contributed by atoms with Gasteiger partial charge in [-0.05, 0) is 30.3 Å². The van der Waals surface area contributed by atoms with Gasteiger partial charge in [-0.25, -0.2) is 23.1 Å². The molecule has 2 aromatic heterocycles. The van der Waals surface area contributed by atoms with Crippen LogP contribution in [0.3, 0.4) is 0 Å². The highest BCUT2D eigenvalue weighted by Gasteiger charge is 2.14. The number of H-pyrrole nitrogens is 1. The number of imidazole rings is 1. The van der Waals surface area contributed by atoms with Gasteiger partial charge in [-0.1, -0.05) is 0 Å². The van der Waals surface area contributed by atoms with E-state index in [1.54, 1.807) is 30.5 Å². The van der Waals surface area contributed by atoms with Crippen LogP contribution in [-0.2, 0) is 16.6 Å². The maximum Gasteiger partial charge on any atom is 0.240 e. The molecule has 0 amide bonds. The lowest BCUT2D eigenvalue weighted by atomic mass is 10.2. The molecule has 0 bridgehead atoms. The molecule has 0 unspecified atom stereocenters. The third kappa shape index (κ3) is 2.86. The first-order valence-electron chi connectivity index (χ1n) is 6.18. The normalized spacial score (nSPS) is 11.8. The van der Waals surface area contributed by atoms with Gasteiger partial charge in [0.25, 0.3) is 0 Å². The molecule has 2 heterocycles. The number of aromatic nitrogens is 3. The van der Waals surface area contributed by atoms with Crippen LogP contribution in [0.4, 0.5) is 5.82 Å². The summed E-state index contributed by atoms with van der Waals surface area (Å²) < 4.78 is 27.0. The molecule has 0 atom stereocenters. The third-order valence-corrected chi connectivity index (χ3v) is 4.40. The Labute approximate surface area is 121 Å². The van der Waals surface area contributed by atoms with Gasteiger partial charge in [0.15, 0.2) is 0 Å². The molecule has 0 spiro atoms. The van der Waals surface area contributed by atoms with E-state index in [0.29, 0.717) is 22.4 Å². The van der Waals surface area contributed by atoms with Crippen LogP contribution >= 0.6 is 0 Å². The van der Waals surface area contributed by atoms with E-state index in [-0.39, 0.29) is 11.4 Å². The molecule has 0 aliphatic rings. The third-order valence-electron chi connectivity index (χ3n) is 3.00. The van der Waals surface area contributed by atoms with Crippen molar-refractivity contribution in [2.24, 2.45) is 0 Å². The molecule has 0 saturated heterocycles. The summed E-state index contributed by atoms with van der Waals surface area (Å²) in [5.74, 6) is 0.399. The minimum atomic E-state index is -3.59. The minimum absolute atomic E-state index is 0.153. The van der Waals surface area contributed by atoms with Crippen molar-refractivity contribution in [1.82, 2.24) is 19.7 Å². The molecular weight excluding hydrogens is 290 g/mol. The number of aromatic amines is 1. The van der Waals surface area contributed by atoms with Gasteiger partial charge in [0.1, 0.15) is 5.82 Å². The number of sulfonamides is 1. The van der Waals surface area contributed by atoms with Gasteiger partial charge in [-0.15, -0.1) is 0 Å². The molecule has 0 aliphatic carbocycles. The van der Waals surface area contributed by atoms with Crippen molar-refractivity contribution in [2.45, 2.75) is 11.4 Å². The highest BCUT2D eigenvalue weighted by molar-refractivity contribution is 7.89. The Kier molecular flexibility index (Phi) is 3.32. The summed E-state index contributed by atoms with van der Waals surface area (Å²) in [5, 5.41) is 0.716. The summed E-state index contributed by atoms with van der Waals surface area (Å²) in [5.41, 5.74) is 6.94. The van der Waals surface area contributed by atoms with E-state index in [2.05, 4.69) is 19.7 Å². The van der Waals surface area contributed by atoms with Crippen molar-refractivity contribution in [2.75, 3.05) is 5.73 Å². The van der Waals surface area contributed by atoms with E-state index in [4.69, 9.17) is 5.73 Å². The molecule has 8 heteroatoms. The predicted molar refractivity (Wildman–Crippen MR) is 78.8 cm³/mol. The Morgan fingerprint density at radius 2 is 2.10 bits per heavy atom. The molecule has 0 fully saturated rings. The topological polar surface area (TPSA) is 114 Å². The van der Waals surface area contributed by atoms with Crippen LogP contribution in [0.25, 0.3) is 10.9 Å². The SMILES string of the molecule is Nc1ccc2cc(S(=O)(=O)NCc3cnc[nH]3)ccc2n1. The molecule has 21 heavy (non-hydrogen) atoms. The van der Waals surface area contributed by atoms with Crippen molar-refractivity contribution >= 4 is 26.7 Å². The summed E-state index contributed by atoms with van der Waals surface area (Å²) >= 11 is 0. The molecule has 0 saturated carbocycles. The molecule has 1 aromatic carbocycles. The highest BCUT2D eigenvalue weighted by Crippen LogP contribution is 2.18. The van der Waals surface area contributed by atoms with Gasteiger partial charge in [0.05, 0.1) is 23.3 Å². The standard InChI is InChI=1S/C13H13N5O2S/c14-13-4-1-9-5-11(2-3-12(9)18-13)21(19,20)17-7-10-6-15-8-16-10/h1-6,8,17H,7H2,(H2,14,18)(H,15,16). The van der Waals surface area contributed by atoms with Gasteiger partial charge >= 0.3 is 0 Å². The average Bonchev–Trinajstić information content (AvgIpc) is 2.98. The number of hydrogen-bond donors (Lipinski definition) is 3. The molecule has 7 nitrogen and oxygen atoms in total. The molecule has 4 N–H and O–H groups in total. The summed E-state index contributed by atoms with van der Waals surface area (Å²) in [4.78, 5) is 11.0. The van der Waals surface area contributed by atoms with Crippen LogP contribution in [0.1, 0.15) is 5.69 Å². The Morgan fingerprint density at radius 3 is 2.86 bits per heavy atom. The molecule has 0 radical (unpaired) electrons. The fourth-order valence-electron chi connectivity index (χ4n) is 1.92. The number of anilines is 1. The van der Waals surface area contributed by atoms with Crippen LogP contribution in [-0.4, -0.2) is 23.4 Å². The van der Waals surface area contributed by atoms with E-state index in [9.17, 15) is 8.42 Å². The Bertz CT molecular complexity index is 875. The zero-order valence-electron chi connectivity index (χ0n) is 10.9. The van der Waals surface area contributed by atoms with Gasteiger partial charge < -0.3 is 10.7 Å². The number of fused-ring (bicyclic) bond motifs is 1. The van der Waals surface area contributed by atoms with E-state index in [0.717, 1.165) is 0 Å². The largest absolute Gasteiger partial charge is 0.384 e. The van der Waals surface area contributed by atoms with E-state index >= 15 is 0 Å². The van der Waals surface area contributed by atoms with Crippen LogP contribution in [0, 0.1) is 0 Å². The van der Waals surface area contributed by atoms with Gasteiger partial charge in [0.2, 0.25) is 10.0 Å². The minimum Gasteiger partial charge on any atom is -0.384 e. The summed E-state index contributed by atoms with van der Waals surface area (Å²) in [6.07, 6.45) is 3.06. The molecular formula is C13H13N5O2S. The van der Waals surface area contributed by atoms with Crippen molar-refractivity contribution in [1.29, 1.82) is 0 Å². The van der Waals surface area contributed by atoms with E-state index in [1.165, 1.54) is 12.4 Å². The lowest BCUT2D eigenvalue weighted by molar-refractivity contribution is 0.580. The lowest BCUT2D eigenvalue weighted by Crippen LogP contribution is -2.23. The first-order chi connectivity index (χ1) is 10.0. The quantitative estimate of drug-likeness (QED) is 0.666. The number of benzene rings is 1. The number of hydrogen-bond acceptors (Lipinski definition) is 5. The lowest BCUT2D eigenvalue weighted by Gasteiger charge is -2.07. The Hall–Kier alpha value is -2.45. The maximum atomic E-state index is 12.2. The van der Waals surface area contributed by atoms with Gasteiger partial charge in [0, 0.05) is 17.3 Å². The number of nitrogens with two attached hydrogens (primary N) is 1. The van der Waals surface area contributed by atoms with Crippen molar-refractivity contribution < 1.29 is 8.42 Å². The fraction of sp³-hybridized carbons (Fsp3) is 0.0769. The first-order valence-corrected chi connectivity index (χ1v) is 7.66. The molecule has 3 rings (SSSR count). The number of nitrogen functional groups attached to an aromatic ring is 1. The van der Waals surface area contributed by atoms with Gasteiger partial charge in [-0.2, -0.15) is 0 Å². The maximum absolute atomic E-state index is 12.2. The van der Waals surface area contributed by atoms with Crippen LogP contribution in [0.5, 0.6) is 0 Å². The second kappa shape index (κ2) is 5.15.